The molecule has 248 valence electrons. The van der Waals surface area contributed by atoms with E-state index in [9.17, 15) is 19.2 Å². The van der Waals surface area contributed by atoms with Crippen molar-refractivity contribution in [1.29, 1.82) is 0 Å². The van der Waals surface area contributed by atoms with E-state index in [-0.39, 0.29) is 62.7 Å². The zero-order valence-corrected chi connectivity index (χ0v) is 26.2. The first kappa shape index (κ1) is 31.3. The van der Waals surface area contributed by atoms with Gasteiger partial charge in [0.1, 0.15) is 29.8 Å². The molecule has 3 aliphatic carbocycles. The van der Waals surface area contributed by atoms with Gasteiger partial charge in [0, 0.05) is 57.9 Å². The molecule has 1 aromatic carbocycles. The molecule has 13 nitrogen and oxygen atoms in total. The maximum absolute atomic E-state index is 14.3. The SMILES string of the molecule is CN(C)C(=O)C=Cc1cccc(CN2O[C@@H]3[C@H]4OC(C5CC5)(C5CC5)O[C@H]4[C@@H]4C[C@]3(C(=O)NCCC(=O)NCCO)[C@@H]2C(=O)O4)c1. The first-order valence-electron chi connectivity index (χ1n) is 16.3. The molecule has 6 aliphatic rings. The van der Waals surface area contributed by atoms with Gasteiger partial charge >= 0.3 is 5.97 Å². The van der Waals surface area contributed by atoms with Gasteiger partial charge in [-0.1, -0.05) is 24.3 Å². The van der Waals surface area contributed by atoms with E-state index in [0.29, 0.717) is 0 Å². The molecule has 3 aliphatic heterocycles. The van der Waals surface area contributed by atoms with E-state index in [0.717, 1.165) is 36.8 Å². The fraction of sp³-hybridized carbons (Fsp3) is 0.636. The molecule has 3 N–H and O–H groups in total. The molecule has 3 saturated heterocycles. The Labute approximate surface area is 267 Å². The van der Waals surface area contributed by atoms with Gasteiger partial charge < -0.3 is 34.9 Å². The number of hydrogen-bond donors (Lipinski definition) is 3. The van der Waals surface area contributed by atoms with Crippen molar-refractivity contribution in [3.8, 4) is 0 Å². The Bertz CT molecular complexity index is 1410. The summed E-state index contributed by atoms with van der Waals surface area (Å²) in [5, 5.41) is 16.0. The van der Waals surface area contributed by atoms with Crippen molar-refractivity contribution in [2.75, 3.05) is 33.8 Å². The van der Waals surface area contributed by atoms with E-state index >= 15 is 0 Å². The van der Waals surface area contributed by atoms with Crippen LogP contribution in [0.5, 0.6) is 0 Å². The van der Waals surface area contributed by atoms with E-state index in [1.54, 1.807) is 25.2 Å². The minimum atomic E-state index is -1.33. The molecule has 13 heteroatoms. The summed E-state index contributed by atoms with van der Waals surface area (Å²) in [4.78, 5) is 60.6. The number of aliphatic hydroxyl groups is 1. The van der Waals surface area contributed by atoms with Crippen LogP contribution in [0.1, 0.15) is 49.7 Å². The molecule has 0 radical (unpaired) electrons. The van der Waals surface area contributed by atoms with Crippen LogP contribution in [0.15, 0.2) is 30.3 Å². The number of carbonyl (C=O) groups excluding carboxylic acids is 4. The number of hydrogen-bond acceptors (Lipinski definition) is 10. The van der Waals surface area contributed by atoms with Crippen molar-refractivity contribution in [3.63, 3.8) is 0 Å². The topological polar surface area (TPSA) is 156 Å². The number of likely N-dealkylation sites (N-methyl/N-ethyl adjacent to an activating group) is 1. The smallest absolute Gasteiger partial charge is 0.327 e. The number of aliphatic hydroxyl groups excluding tert-OH is 1. The average Bonchev–Trinajstić information content (AvgIpc) is 3.98. The van der Waals surface area contributed by atoms with Crippen LogP contribution in [-0.4, -0.2) is 109 Å². The minimum Gasteiger partial charge on any atom is -0.458 e. The van der Waals surface area contributed by atoms with Gasteiger partial charge in [0.05, 0.1) is 13.2 Å². The van der Waals surface area contributed by atoms with Crippen molar-refractivity contribution in [2.24, 2.45) is 17.3 Å². The number of carbonyl (C=O) groups is 4. The van der Waals surface area contributed by atoms with Crippen LogP contribution in [0.25, 0.3) is 6.08 Å². The monoisotopic (exact) mass is 638 g/mol. The van der Waals surface area contributed by atoms with Gasteiger partial charge in [-0.05, 0) is 42.9 Å². The largest absolute Gasteiger partial charge is 0.458 e. The number of hydroxylamine groups is 2. The molecule has 3 saturated carbocycles. The summed E-state index contributed by atoms with van der Waals surface area (Å²) in [6.45, 7) is 0.181. The quantitative estimate of drug-likeness (QED) is 0.218. The third-order valence-corrected chi connectivity index (χ3v) is 10.1. The summed E-state index contributed by atoms with van der Waals surface area (Å²) in [5.74, 6) is -1.60. The highest BCUT2D eigenvalue weighted by atomic mass is 16.8. The number of fused-ring (bicyclic) bond motifs is 4. The summed E-state index contributed by atoms with van der Waals surface area (Å²) in [6.07, 6.45) is 4.83. The van der Waals surface area contributed by atoms with Gasteiger partial charge in [-0.3, -0.25) is 24.0 Å². The van der Waals surface area contributed by atoms with E-state index in [4.69, 9.17) is 24.2 Å². The third-order valence-electron chi connectivity index (χ3n) is 10.1. The van der Waals surface area contributed by atoms with Crippen molar-refractivity contribution in [1.82, 2.24) is 20.6 Å². The van der Waals surface area contributed by atoms with Crippen LogP contribution in [-0.2, 0) is 44.8 Å². The maximum Gasteiger partial charge on any atom is 0.327 e. The fourth-order valence-corrected chi connectivity index (χ4v) is 7.70. The zero-order valence-electron chi connectivity index (χ0n) is 26.2. The lowest BCUT2D eigenvalue weighted by molar-refractivity contribution is -0.235. The number of benzene rings is 1. The standard InChI is InChI=1S/C33H42N4O9/c1-36(2)25(40)11-6-19-4-3-5-20(16-19)18-37-28-30(41)43-23-17-32(28,31(42)35-13-12-24(39)34-14-15-38)29(46-37)27-26(23)44-33(45-27,21-7-8-21)22-9-10-22/h3-6,11,16,21-23,26-29,38H,7-10,12-15,17-18H2,1-2H3,(H,34,39)(H,35,42)/t23-,26-,27-,28-,29+,32-/m0/s1. The molecule has 46 heavy (non-hydrogen) atoms. The lowest BCUT2D eigenvalue weighted by Gasteiger charge is -2.48. The molecular weight excluding hydrogens is 596 g/mol. The Morgan fingerprint density at radius 1 is 1.07 bits per heavy atom. The number of nitrogens with zero attached hydrogens (tertiary/aromatic N) is 2. The van der Waals surface area contributed by atoms with Crippen LogP contribution in [0.4, 0.5) is 0 Å². The first-order valence-corrected chi connectivity index (χ1v) is 16.3. The van der Waals surface area contributed by atoms with Crippen LogP contribution in [0.2, 0.25) is 0 Å². The van der Waals surface area contributed by atoms with Crippen LogP contribution < -0.4 is 10.6 Å². The lowest BCUT2D eigenvalue weighted by Crippen LogP contribution is -2.69. The Kier molecular flexibility index (Phi) is 8.17. The van der Waals surface area contributed by atoms with Crippen LogP contribution in [0.3, 0.4) is 0 Å². The van der Waals surface area contributed by atoms with Gasteiger partial charge in [0.25, 0.3) is 0 Å². The average molecular weight is 639 g/mol. The molecule has 1 aromatic rings. The van der Waals surface area contributed by atoms with Crippen molar-refractivity contribution in [3.05, 3.63) is 41.5 Å². The molecule has 0 aromatic heterocycles. The second-order valence-corrected chi connectivity index (χ2v) is 13.5. The van der Waals surface area contributed by atoms with Crippen LogP contribution in [0, 0.1) is 17.3 Å². The number of rotatable bonds is 12. The highest BCUT2D eigenvalue weighted by molar-refractivity contribution is 5.94. The molecule has 0 spiro atoms. The van der Waals surface area contributed by atoms with Gasteiger partial charge in [-0.15, -0.1) is 0 Å². The van der Waals surface area contributed by atoms with E-state index < -0.39 is 53.5 Å². The second-order valence-electron chi connectivity index (χ2n) is 13.5. The Morgan fingerprint density at radius 2 is 1.80 bits per heavy atom. The molecule has 0 unspecified atom stereocenters. The van der Waals surface area contributed by atoms with E-state index in [1.807, 2.05) is 24.3 Å². The van der Waals surface area contributed by atoms with Gasteiger partial charge in [-0.2, -0.15) is 5.06 Å². The summed E-state index contributed by atoms with van der Waals surface area (Å²) in [5.41, 5.74) is 0.286. The molecule has 6 atom stereocenters. The first-order chi connectivity index (χ1) is 22.2. The predicted octanol–water partition coefficient (Wildman–Crippen LogP) is 0.503. The Balaban J connectivity index is 1.18. The Morgan fingerprint density at radius 3 is 2.50 bits per heavy atom. The number of amides is 3. The normalized spacial score (nSPS) is 32.6. The number of esters is 1. The molecule has 2 bridgehead atoms. The number of nitrogens with one attached hydrogen (secondary N) is 2. The summed E-state index contributed by atoms with van der Waals surface area (Å²) in [7, 11) is 3.37. The zero-order chi connectivity index (χ0) is 32.2. The van der Waals surface area contributed by atoms with Crippen molar-refractivity contribution >= 4 is 29.8 Å². The summed E-state index contributed by atoms with van der Waals surface area (Å²) < 4.78 is 19.7. The molecule has 3 heterocycles. The fourth-order valence-electron chi connectivity index (χ4n) is 7.70. The van der Waals surface area contributed by atoms with Gasteiger partial charge in [0.2, 0.25) is 17.7 Å². The van der Waals surface area contributed by atoms with E-state index in [1.165, 1.54) is 11.0 Å². The minimum absolute atomic E-state index is 0.0182. The highest BCUT2D eigenvalue weighted by Gasteiger charge is 2.78. The van der Waals surface area contributed by atoms with E-state index in [2.05, 4.69) is 10.6 Å². The second kappa shape index (κ2) is 12.0. The summed E-state index contributed by atoms with van der Waals surface area (Å²) in [6, 6.07) is 6.49. The predicted molar refractivity (Wildman–Crippen MR) is 161 cm³/mol. The third kappa shape index (κ3) is 5.41. The number of ether oxygens (including phenoxy) is 3. The van der Waals surface area contributed by atoms with Crippen molar-refractivity contribution < 1.29 is 43.3 Å². The van der Waals surface area contributed by atoms with Crippen molar-refractivity contribution in [2.45, 2.75) is 81.3 Å². The van der Waals surface area contributed by atoms with Crippen LogP contribution >= 0.6 is 0 Å². The summed E-state index contributed by atoms with van der Waals surface area (Å²) >= 11 is 0. The van der Waals surface area contributed by atoms with Gasteiger partial charge in [-0.25, -0.2) is 0 Å². The highest BCUT2D eigenvalue weighted by Crippen LogP contribution is 2.63. The van der Waals surface area contributed by atoms with Gasteiger partial charge in [0.15, 0.2) is 11.8 Å². The molecule has 3 amide bonds. The maximum atomic E-state index is 14.3. The Hall–Kier alpha value is -3.36. The lowest BCUT2D eigenvalue weighted by atomic mass is 9.62. The molecule has 6 fully saturated rings. The molecule has 7 rings (SSSR count). The molecular formula is C33H42N4O9.